The van der Waals surface area contributed by atoms with E-state index >= 15 is 0 Å². The standard InChI is InChI=1S/C27H23FN6O/c1-34(2)16-17-11-19(14-29-13-17)18-7-9-25-22(12-18)26(33-32-25)27(35)31-20-8-10-24(30-15-20)21-5-3-4-6-23(21)28/h3-15H,16H2,1-2H3,(H,31,35)(H,32,33). The van der Waals surface area contributed by atoms with Crippen molar-refractivity contribution in [2.24, 2.45) is 0 Å². The van der Waals surface area contributed by atoms with Crippen LogP contribution >= 0.6 is 0 Å². The molecule has 0 aliphatic carbocycles. The zero-order valence-electron chi connectivity index (χ0n) is 19.3. The normalized spacial score (nSPS) is 11.2. The summed E-state index contributed by atoms with van der Waals surface area (Å²) < 4.78 is 14.0. The summed E-state index contributed by atoms with van der Waals surface area (Å²) in [7, 11) is 4.02. The van der Waals surface area contributed by atoms with Crippen molar-refractivity contribution in [3.05, 3.63) is 96.3 Å². The van der Waals surface area contributed by atoms with E-state index in [1.807, 2.05) is 44.7 Å². The monoisotopic (exact) mass is 466 g/mol. The minimum atomic E-state index is -0.367. The number of pyridine rings is 2. The minimum Gasteiger partial charge on any atom is -0.319 e. The van der Waals surface area contributed by atoms with Gasteiger partial charge in [-0.1, -0.05) is 18.2 Å². The summed E-state index contributed by atoms with van der Waals surface area (Å²) in [5, 5.41) is 10.7. The van der Waals surface area contributed by atoms with Gasteiger partial charge in [0.2, 0.25) is 0 Å². The lowest BCUT2D eigenvalue weighted by atomic mass is 10.0. The predicted octanol–water partition coefficient (Wildman–Crippen LogP) is 5.14. The first-order valence-corrected chi connectivity index (χ1v) is 11.1. The first-order chi connectivity index (χ1) is 17.0. The minimum absolute atomic E-state index is 0.275. The quantitative estimate of drug-likeness (QED) is 0.362. The highest BCUT2D eigenvalue weighted by molar-refractivity contribution is 6.11. The number of anilines is 1. The fraction of sp³-hybridized carbons (Fsp3) is 0.111. The van der Waals surface area contributed by atoms with Crippen LogP contribution in [0.4, 0.5) is 10.1 Å². The summed E-state index contributed by atoms with van der Waals surface area (Å²) in [5.41, 5.74) is 5.42. The molecule has 0 fully saturated rings. The summed E-state index contributed by atoms with van der Waals surface area (Å²) in [6.07, 6.45) is 5.16. The molecule has 0 saturated carbocycles. The van der Waals surface area contributed by atoms with E-state index < -0.39 is 0 Å². The number of aromatic amines is 1. The number of H-pyrrole nitrogens is 1. The van der Waals surface area contributed by atoms with Gasteiger partial charge in [-0.3, -0.25) is 19.9 Å². The highest BCUT2D eigenvalue weighted by Crippen LogP contribution is 2.27. The van der Waals surface area contributed by atoms with E-state index in [0.717, 1.165) is 28.8 Å². The second-order valence-electron chi connectivity index (χ2n) is 8.52. The highest BCUT2D eigenvalue weighted by atomic mass is 19.1. The Balaban J connectivity index is 1.39. The molecule has 3 heterocycles. The predicted molar refractivity (Wildman–Crippen MR) is 134 cm³/mol. The summed E-state index contributed by atoms with van der Waals surface area (Å²) >= 11 is 0. The zero-order chi connectivity index (χ0) is 24.4. The Morgan fingerprint density at radius 1 is 1.00 bits per heavy atom. The molecule has 0 saturated heterocycles. The fourth-order valence-electron chi connectivity index (χ4n) is 3.95. The van der Waals surface area contributed by atoms with Gasteiger partial charge in [-0.2, -0.15) is 5.10 Å². The van der Waals surface area contributed by atoms with Crippen LogP contribution in [-0.4, -0.2) is 45.1 Å². The topological polar surface area (TPSA) is 86.8 Å². The van der Waals surface area contributed by atoms with Gasteiger partial charge in [-0.15, -0.1) is 0 Å². The third kappa shape index (κ3) is 4.78. The summed E-state index contributed by atoms with van der Waals surface area (Å²) in [5.74, 6) is -0.716. The van der Waals surface area contributed by atoms with Gasteiger partial charge in [0, 0.05) is 35.5 Å². The number of nitrogens with zero attached hydrogens (tertiary/aromatic N) is 4. The second kappa shape index (κ2) is 9.44. The Morgan fingerprint density at radius 3 is 2.63 bits per heavy atom. The van der Waals surface area contributed by atoms with Crippen LogP contribution in [0.15, 0.2) is 79.3 Å². The van der Waals surface area contributed by atoms with Crippen LogP contribution in [0, 0.1) is 5.82 Å². The van der Waals surface area contributed by atoms with Gasteiger partial charge in [0.05, 0.1) is 23.1 Å². The van der Waals surface area contributed by atoms with Gasteiger partial charge < -0.3 is 10.2 Å². The van der Waals surface area contributed by atoms with Crippen molar-refractivity contribution in [2.45, 2.75) is 6.54 Å². The Bertz CT molecular complexity index is 1510. The molecule has 2 N–H and O–H groups in total. The number of nitrogens with one attached hydrogen (secondary N) is 2. The number of halogens is 1. The van der Waals surface area contributed by atoms with Crippen molar-refractivity contribution in [1.82, 2.24) is 25.1 Å². The number of carbonyl (C=O) groups is 1. The smallest absolute Gasteiger partial charge is 0.276 e. The van der Waals surface area contributed by atoms with Gasteiger partial charge in [0.25, 0.3) is 5.91 Å². The Kier molecular flexibility index (Phi) is 6.03. The summed E-state index contributed by atoms with van der Waals surface area (Å²) in [4.78, 5) is 23.8. The average molecular weight is 467 g/mol. The molecule has 3 aromatic heterocycles. The van der Waals surface area contributed by atoms with Crippen LogP contribution < -0.4 is 5.32 Å². The molecule has 0 unspecified atom stereocenters. The molecule has 174 valence electrons. The largest absolute Gasteiger partial charge is 0.319 e. The molecule has 0 radical (unpaired) electrons. The van der Waals surface area contributed by atoms with E-state index in [-0.39, 0.29) is 17.4 Å². The molecule has 0 bridgehead atoms. The lowest BCUT2D eigenvalue weighted by Gasteiger charge is -2.10. The number of fused-ring (bicyclic) bond motifs is 1. The maximum Gasteiger partial charge on any atom is 0.276 e. The van der Waals surface area contributed by atoms with Crippen LogP contribution in [0.25, 0.3) is 33.3 Å². The van der Waals surface area contributed by atoms with E-state index in [1.54, 1.807) is 30.3 Å². The number of hydrogen-bond acceptors (Lipinski definition) is 5. The average Bonchev–Trinajstić information content (AvgIpc) is 3.28. The van der Waals surface area contributed by atoms with Crippen molar-refractivity contribution < 1.29 is 9.18 Å². The van der Waals surface area contributed by atoms with Crippen molar-refractivity contribution in [3.8, 4) is 22.4 Å². The molecule has 0 aliphatic rings. The maximum absolute atomic E-state index is 14.0. The Labute approximate surface area is 201 Å². The van der Waals surface area contributed by atoms with Crippen LogP contribution in [0.2, 0.25) is 0 Å². The lowest BCUT2D eigenvalue weighted by molar-refractivity contribution is 0.102. The van der Waals surface area contributed by atoms with Crippen LogP contribution in [-0.2, 0) is 6.54 Å². The van der Waals surface area contributed by atoms with Crippen LogP contribution in [0.5, 0.6) is 0 Å². The third-order valence-corrected chi connectivity index (χ3v) is 5.58. The van der Waals surface area contributed by atoms with Gasteiger partial charge in [-0.25, -0.2) is 4.39 Å². The van der Waals surface area contributed by atoms with E-state index in [0.29, 0.717) is 22.3 Å². The highest BCUT2D eigenvalue weighted by Gasteiger charge is 2.16. The molecular weight excluding hydrogens is 443 g/mol. The van der Waals surface area contributed by atoms with E-state index in [1.165, 1.54) is 12.3 Å². The SMILES string of the molecule is CN(C)Cc1cncc(-c2ccc3[nH]nc(C(=O)Nc4ccc(-c5ccccc5F)nc4)c3c2)c1. The third-order valence-electron chi connectivity index (χ3n) is 5.58. The van der Waals surface area contributed by atoms with Crippen molar-refractivity contribution in [1.29, 1.82) is 0 Å². The van der Waals surface area contributed by atoms with Crippen molar-refractivity contribution in [3.63, 3.8) is 0 Å². The van der Waals surface area contributed by atoms with E-state index in [4.69, 9.17) is 0 Å². The van der Waals surface area contributed by atoms with Gasteiger partial charge in [0.1, 0.15) is 5.82 Å². The number of carbonyl (C=O) groups excluding carboxylic acids is 1. The van der Waals surface area contributed by atoms with E-state index in [9.17, 15) is 9.18 Å². The number of benzene rings is 2. The van der Waals surface area contributed by atoms with E-state index in [2.05, 4.69) is 36.4 Å². The number of hydrogen-bond donors (Lipinski definition) is 2. The molecule has 5 aromatic rings. The molecule has 2 aromatic carbocycles. The molecular formula is C27H23FN6O. The van der Waals surface area contributed by atoms with Crippen molar-refractivity contribution >= 4 is 22.5 Å². The van der Waals surface area contributed by atoms with Crippen molar-refractivity contribution in [2.75, 3.05) is 19.4 Å². The molecule has 7 nitrogen and oxygen atoms in total. The van der Waals surface area contributed by atoms with Gasteiger partial charge >= 0.3 is 0 Å². The molecule has 1 amide bonds. The molecule has 5 rings (SSSR count). The zero-order valence-corrected chi connectivity index (χ0v) is 19.3. The van der Waals surface area contributed by atoms with Crippen LogP contribution in [0.3, 0.4) is 0 Å². The number of aromatic nitrogens is 4. The first-order valence-electron chi connectivity index (χ1n) is 11.1. The van der Waals surface area contributed by atoms with Gasteiger partial charge in [-0.05, 0) is 67.7 Å². The maximum atomic E-state index is 14.0. The lowest BCUT2D eigenvalue weighted by Crippen LogP contribution is -2.13. The van der Waals surface area contributed by atoms with Gasteiger partial charge in [0.15, 0.2) is 5.69 Å². The summed E-state index contributed by atoms with van der Waals surface area (Å²) in [6.45, 7) is 0.784. The number of rotatable bonds is 6. The molecule has 0 atom stereocenters. The molecule has 0 aliphatic heterocycles. The van der Waals surface area contributed by atoms with Crippen LogP contribution in [0.1, 0.15) is 16.1 Å². The molecule has 35 heavy (non-hydrogen) atoms. The summed E-state index contributed by atoms with van der Waals surface area (Å²) in [6, 6.07) is 17.7. The first kappa shape index (κ1) is 22.4. The Morgan fingerprint density at radius 2 is 1.86 bits per heavy atom. The fourth-order valence-corrected chi connectivity index (χ4v) is 3.95. The molecule has 0 spiro atoms. The number of amides is 1. The Hall–Kier alpha value is -4.43. The second-order valence-corrected chi connectivity index (χ2v) is 8.52. The molecule has 8 heteroatoms.